The molecule has 0 aromatic carbocycles. The topological polar surface area (TPSA) is 46.1 Å². The Labute approximate surface area is 194 Å². The zero-order valence-electron chi connectivity index (χ0n) is 19.4. The summed E-state index contributed by atoms with van der Waals surface area (Å²) in [5, 5.41) is 2.33. The van der Waals surface area contributed by atoms with E-state index < -0.39 is 0 Å². The molecule has 168 valence electrons. The zero-order valence-corrected chi connectivity index (χ0v) is 21.0. The maximum atomic E-state index is 12.9. The molecule has 0 radical (unpaired) electrons. The molecule has 2 aromatic heterocycles. The SMILES string of the molecule is C[C@H]1CCCN(C(=O)CSc2nc(C3CC3)nc3sc4c(c23)CC[C@@H](C(C)(C)C)C4)C1. The molecule has 0 unspecified atom stereocenters. The molecular formula is C25H35N3OS2. The van der Waals surface area contributed by atoms with Crippen molar-refractivity contribution in [1.29, 1.82) is 0 Å². The van der Waals surface area contributed by atoms with Crippen LogP contribution in [-0.4, -0.2) is 39.6 Å². The van der Waals surface area contributed by atoms with Crippen LogP contribution in [0.15, 0.2) is 5.03 Å². The minimum absolute atomic E-state index is 0.271. The third-order valence-electron chi connectivity index (χ3n) is 7.40. The van der Waals surface area contributed by atoms with Crippen LogP contribution in [-0.2, 0) is 17.6 Å². The van der Waals surface area contributed by atoms with Crippen molar-refractivity contribution in [2.24, 2.45) is 17.3 Å². The van der Waals surface area contributed by atoms with E-state index >= 15 is 0 Å². The highest BCUT2D eigenvalue weighted by Crippen LogP contribution is 2.46. The lowest BCUT2D eigenvalue weighted by atomic mass is 9.72. The summed E-state index contributed by atoms with van der Waals surface area (Å²) in [6.45, 7) is 11.2. The van der Waals surface area contributed by atoms with E-state index in [0.717, 1.165) is 54.0 Å². The quantitative estimate of drug-likeness (QED) is 0.413. The number of aromatic nitrogens is 2. The Morgan fingerprint density at radius 3 is 2.71 bits per heavy atom. The Bertz CT molecular complexity index is 989. The molecule has 2 aromatic rings. The molecule has 0 bridgehead atoms. The van der Waals surface area contributed by atoms with Gasteiger partial charge < -0.3 is 4.90 Å². The van der Waals surface area contributed by atoms with Crippen molar-refractivity contribution in [3.8, 4) is 0 Å². The lowest BCUT2D eigenvalue weighted by molar-refractivity contribution is -0.130. The molecule has 31 heavy (non-hydrogen) atoms. The summed E-state index contributed by atoms with van der Waals surface area (Å²) in [4.78, 5) is 27.7. The van der Waals surface area contributed by atoms with Gasteiger partial charge in [-0.25, -0.2) is 9.97 Å². The van der Waals surface area contributed by atoms with Crippen LogP contribution in [0, 0.1) is 17.3 Å². The average Bonchev–Trinajstić information content (AvgIpc) is 3.51. The summed E-state index contributed by atoms with van der Waals surface area (Å²) in [7, 11) is 0. The largest absolute Gasteiger partial charge is 0.342 e. The molecule has 0 N–H and O–H groups in total. The van der Waals surface area contributed by atoms with E-state index in [1.165, 1.54) is 41.5 Å². The van der Waals surface area contributed by atoms with Gasteiger partial charge in [-0.05, 0) is 67.8 Å². The maximum Gasteiger partial charge on any atom is 0.232 e. The summed E-state index contributed by atoms with van der Waals surface area (Å²) in [5.41, 5.74) is 1.82. The highest BCUT2D eigenvalue weighted by molar-refractivity contribution is 8.00. The van der Waals surface area contributed by atoms with Crippen molar-refractivity contribution >= 4 is 39.2 Å². The molecule has 3 aliphatic rings. The fourth-order valence-corrected chi connectivity index (χ4v) is 7.50. The van der Waals surface area contributed by atoms with Crippen molar-refractivity contribution in [2.75, 3.05) is 18.8 Å². The summed E-state index contributed by atoms with van der Waals surface area (Å²) < 4.78 is 0. The minimum atomic E-state index is 0.271. The van der Waals surface area contributed by atoms with Gasteiger partial charge >= 0.3 is 0 Å². The number of hydrogen-bond acceptors (Lipinski definition) is 5. The molecule has 1 saturated heterocycles. The maximum absolute atomic E-state index is 12.9. The smallest absolute Gasteiger partial charge is 0.232 e. The number of carbonyl (C=O) groups excluding carboxylic acids is 1. The number of carbonyl (C=O) groups is 1. The molecule has 1 saturated carbocycles. The molecule has 1 amide bonds. The summed E-state index contributed by atoms with van der Waals surface area (Å²) in [6, 6.07) is 0. The molecule has 2 aliphatic carbocycles. The Balaban J connectivity index is 1.43. The van der Waals surface area contributed by atoms with Gasteiger partial charge in [0.25, 0.3) is 0 Å². The van der Waals surface area contributed by atoms with Crippen LogP contribution < -0.4 is 0 Å². The van der Waals surface area contributed by atoms with Crippen LogP contribution in [0.4, 0.5) is 0 Å². The first-order valence-corrected chi connectivity index (χ1v) is 13.8. The third kappa shape index (κ3) is 4.52. The molecule has 2 fully saturated rings. The molecular weight excluding hydrogens is 422 g/mol. The third-order valence-corrected chi connectivity index (χ3v) is 9.51. The second-order valence-corrected chi connectivity index (χ2v) is 13.1. The van der Waals surface area contributed by atoms with E-state index in [0.29, 0.717) is 23.0 Å². The number of likely N-dealkylation sites (tertiary alicyclic amines) is 1. The van der Waals surface area contributed by atoms with Gasteiger partial charge in [0.1, 0.15) is 15.7 Å². The fourth-order valence-electron chi connectivity index (χ4n) is 5.16. The van der Waals surface area contributed by atoms with Crippen molar-refractivity contribution < 1.29 is 4.79 Å². The molecule has 3 heterocycles. The van der Waals surface area contributed by atoms with E-state index in [9.17, 15) is 4.79 Å². The molecule has 0 spiro atoms. The summed E-state index contributed by atoms with van der Waals surface area (Å²) >= 11 is 3.56. The zero-order chi connectivity index (χ0) is 21.8. The Morgan fingerprint density at radius 2 is 2.00 bits per heavy atom. The predicted octanol–water partition coefficient (Wildman–Crippen LogP) is 6.07. The van der Waals surface area contributed by atoms with E-state index in [1.54, 1.807) is 11.8 Å². The van der Waals surface area contributed by atoms with Gasteiger partial charge in [-0.3, -0.25) is 4.79 Å². The van der Waals surface area contributed by atoms with Gasteiger partial charge in [-0.15, -0.1) is 11.3 Å². The van der Waals surface area contributed by atoms with Crippen molar-refractivity contribution in [3.05, 3.63) is 16.3 Å². The molecule has 2 atom stereocenters. The number of piperidine rings is 1. The number of hydrogen-bond donors (Lipinski definition) is 0. The van der Waals surface area contributed by atoms with Gasteiger partial charge in [0.15, 0.2) is 0 Å². The summed E-state index contributed by atoms with van der Waals surface area (Å²) in [6.07, 6.45) is 8.30. The van der Waals surface area contributed by atoms with E-state index in [-0.39, 0.29) is 5.91 Å². The monoisotopic (exact) mass is 457 g/mol. The van der Waals surface area contributed by atoms with Gasteiger partial charge in [0.2, 0.25) is 5.91 Å². The normalized spacial score (nSPS) is 24.5. The van der Waals surface area contributed by atoms with Crippen molar-refractivity contribution in [2.45, 2.75) is 83.6 Å². The van der Waals surface area contributed by atoms with E-state index in [4.69, 9.17) is 9.97 Å². The standard InChI is InChI=1S/C25H35N3OS2/c1-15-6-5-11-28(13-15)20(29)14-30-23-21-18-10-9-17(25(2,3)4)12-19(18)31-24(21)27-22(26-23)16-7-8-16/h15-17H,5-14H2,1-4H3/t15-,17+/m0/s1. The number of thioether (sulfide) groups is 1. The van der Waals surface area contributed by atoms with Crippen LogP contribution in [0.3, 0.4) is 0 Å². The lowest BCUT2D eigenvalue weighted by Crippen LogP contribution is -2.40. The number of amides is 1. The van der Waals surface area contributed by atoms with Gasteiger partial charge in [0.05, 0.1) is 5.75 Å². The van der Waals surface area contributed by atoms with Crippen molar-refractivity contribution in [3.63, 3.8) is 0 Å². The highest BCUT2D eigenvalue weighted by Gasteiger charge is 2.34. The molecule has 1 aliphatic heterocycles. The van der Waals surface area contributed by atoms with Crippen molar-refractivity contribution in [1.82, 2.24) is 14.9 Å². The van der Waals surface area contributed by atoms with Crippen LogP contribution in [0.2, 0.25) is 0 Å². The average molecular weight is 458 g/mol. The number of aryl methyl sites for hydroxylation is 1. The highest BCUT2D eigenvalue weighted by atomic mass is 32.2. The van der Waals surface area contributed by atoms with Crippen LogP contribution in [0.1, 0.15) is 82.0 Å². The molecule has 6 heteroatoms. The van der Waals surface area contributed by atoms with Gasteiger partial charge in [-0.2, -0.15) is 0 Å². The van der Waals surface area contributed by atoms with E-state index in [1.807, 2.05) is 11.3 Å². The summed E-state index contributed by atoms with van der Waals surface area (Å²) in [5.74, 6) is 3.66. The number of nitrogens with zero attached hydrogens (tertiary/aromatic N) is 3. The fraction of sp³-hybridized carbons (Fsp3) is 0.720. The second kappa shape index (κ2) is 8.33. The van der Waals surface area contributed by atoms with E-state index in [2.05, 4.69) is 32.6 Å². The number of thiophene rings is 1. The minimum Gasteiger partial charge on any atom is -0.342 e. The Kier molecular flexibility index (Phi) is 5.83. The van der Waals surface area contributed by atoms with Crippen LogP contribution in [0.25, 0.3) is 10.2 Å². The first-order valence-electron chi connectivity index (χ1n) is 12.0. The Morgan fingerprint density at radius 1 is 1.19 bits per heavy atom. The number of rotatable bonds is 4. The first kappa shape index (κ1) is 21.7. The van der Waals surface area contributed by atoms with Crippen LogP contribution >= 0.6 is 23.1 Å². The molecule has 5 rings (SSSR count). The van der Waals surface area contributed by atoms with Gasteiger partial charge in [0, 0.05) is 29.3 Å². The second-order valence-electron chi connectivity index (χ2n) is 11.0. The molecule has 4 nitrogen and oxygen atoms in total. The lowest BCUT2D eigenvalue weighted by Gasteiger charge is -2.33. The predicted molar refractivity (Wildman–Crippen MR) is 130 cm³/mol. The first-order chi connectivity index (χ1) is 14.8. The van der Waals surface area contributed by atoms with Gasteiger partial charge in [-0.1, -0.05) is 39.5 Å². The van der Waals surface area contributed by atoms with Crippen LogP contribution in [0.5, 0.6) is 0 Å². The number of fused-ring (bicyclic) bond motifs is 3. The Hall–Kier alpha value is -1.14.